The molecule has 0 saturated heterocycles. The molecule has 0 saturated carbocycles. The van der Waals surface area contributed by atoms with Gasteiger partial charge < -0.3 is 14.0 Å². The van der Waals surface area contributed by atoms with Crippen LogP contribution in [-0.4, -0.2) is 30.3 Å². The van der Waals surface area contributed by atoms with Crippen LogP contribution in [0.4, 0.5) is 5.69 Å². The summed E-state index contributed by atoms with van der Waals surface area (Å²) in [6.45, 7) is 2.02. The van der Waals surface area contributed by atoms with Gasteiger partial charge >= 0.3 is 0 Å². The van der Waals surface area contributed by atoms with E-state index in [0.29, 0.717) is 40.8 Å². The van der Waals surface area contributed by atoms with Crippen LogP contribution in [0, 0.1) is 0 Å². The van der Waals surface area contributed by atoms with Crippen molar-refractivity contribution in [3.05, 3.63) is 64.7 Å². The topological polar surface area (TPSA) is 99.5 Å². The van der Waals surface area contributed by atoms with Crippen LogP contribution in [0.5, 0.6) is 17.4 Å². The molecule has 1 aliphatic heterocycles. The Morgan fingerprint density at radius 2 is 1.97 bits per heavy atom. The van der Waals surface area contributed by atoms with Crippen molar-refractivity contribution in [1.29, 1.82) is 0 Å². The Morgan fingerprint density at radius 3 is 2.78 bits per heavy atom. The summed E-state index contributed by atoms with van der Waals surface area (Å²) in [6.07, 6.45) is 5.80. The first-order valence-corrected chi connectivity index (χ1v) is 12.1. The number of rotatable bonds is 3. The molecule has 32 heavy (non-hydrogen) atoms. The van der Waals surface area contributed by atoms with Crippen molar-refractivity contribution < 1.29 is 17.9 Å². The van der Waals surface area contributed by atoms with Gasteiger partial charge in [-0.3, -0.25) is 9.52 Å². The Bertz CT molecular complexity index is 1300. The number of hydrogen-bond acceptors (Lipinski definition) is 6. The van der Waals surface area contributed by atoms with Crippen molar-refractivity contribution in [2.45, 2.75) is 26.2 Å². The average Bonchev–Trinajstić information content (AvgIpc) is 2.77. The Hall–Kier alpha value is -3.33. The second-order valence-corrected chi connectivity index (χ2v) is 9.60. The van der Waals surface area contributed by atoms with Gasteiger partial charge in [0.05, 0.1) is 12.4 Å². The zero-order chi connectivity index (χ0) is 22.7. The van der Waals surface area contributed by atoms with E-state index in [1.54, 1.807) is 44.6 Å². The van der Waals surface area contributed by atoms with Crippen LogP contribution < -0.4 is 19.8 Å². The number of benzene rings is 1. The molecular weight excluding hydrogens is 430 g/mol. The minimum Gasteiger partial charge on any atom is -0.493 e. The summed E-state index contributed by atoms with van der Waals surface area (Å²) >= 11 is 0. The summed E-state index contributed by atoms with van der Waals surface area (Å²) < 4.78 is 40.5. The van der Waals surface area contributed by atoms with Crippen LogP contribution in [0.1, 0.15) is 25.3 Å². The molecule has 0 atom stereocenters. The number of fused-ring (bicyclic) bond motifs is 4. The van der Waals surface area contributed by atoms with Gasteiger partial charge in [-0.1, -0.05) is 6.07 Å². The van der Waals surface area contributed by atoms with Crippen LogP contribution >= 0.6 is 0 Å². The largest absolute Gasteiger partial charge is 0.493 e. The Kier molecular flexibility index (Phi) is 6.18. The number of aromatic nitrogens is 2. The van der Waals surface area contributed by atoms with E-state index in [4.69, 9.17) is 9.47 Å². The second kappa shape index (κ2) is 9.04. The van der Waals surface area contributed by atoms with E-state index in [1.165, 1.54) is 10.6 Å². The first-order valence-electron chi connectivity index (χ1n) is 10.5. The van der Waals surface area contributed by atoms with Crippen LogP contribution in [-0.2, 0) is 23.5 Å². The standard InChI is InChI=1S/C23H25N3O5S/c1-3-32(28,29)25-17-9-10-20-18(13-17)19-15-26(2)22(27)14-21(19)30-12-5-4-7-16-8-6-11-24-23(16)31-20/h6,8-11,13-15,25H,3-5,7,12H2,1-2H3. The molecule has 2 aromatic heterocycles. The van der Waals surface area contributed by atoms with Crippen molar-refractivity contribution in [2.75, 3.05) is 17.1 Å². The molecule has 8 nitrogen and oxygen atoms in total. The minimum absolute atomic E-state index is 0.0495. The summed E-state index contributed by atoms with van der Waals surface area (Å²) in [5.41, 5.74) is 2.38. The minimum atomic E-state index is -3.47. The van der Waals surface area contributed by atoms with Gasteiger partial charge in [-0.15, -0.1) is 0 Å². The van der Waals surface area contributed by atoms with Crippen LogP contribution in [0.2, 0.25) is 0 Å². The maximum Gasteiger partial charge on any atom is 0.254 e. The highest BCUT2D eigenvalue weighted by Crippen LogP contribution is 2.40. The van der Waals surface area contributed by atoms with E-state index in [9.17, 15) is 13.2 Å². The van der Waals surface area contributed by atoms with Gasteiger partial charge in [-0.2, -0.15) is 0 Å². The van der Waals surface area contributed by atoms with Crippen molar-refractivity contribution >= 4 is 15.7 Å². The van der Waals surface area contributed by atoms with E-state index in [2.05, 4.69) is 9.71 Å². The second-order valence-electron chi connectivity index (χ2n) is 7.59. The fourth-order valence-corrected chi connectivity index (χ4v) is 4.12. The van der Waals surface area contributed by atoms with Gasteiger partial charge in [-0.05, 0) is 50.5 Å². The molecule has 0 radical (unpaired) electrons. The monoisotopic (exact) mass is 455 g/mol. The van der Waals surface area contributed by atoms with Crippen molar-refractivity contribution in [3.8, 4) is 28.5 Å². The van der Waals surface area contributed by atoms with Crippen molar-refractivity contribution in [2.24, 2.45) is 7.05 Å². The van der Waals surface area contributed by atoms with Crippen LogP contribution in [0.3, 0.4) is 0 Å². The van der Waals surface area contributed by atoms with E-state index in [1.807, 2.05) is 12.1 Å². The first kappa shape index (κ1) is 21.9. The van der Waals surface area contributed by atoms with Gasteiger partial charge in [-0.25, -0.2) is 13.4 Å². The SMILES string of the molecule is CCS(=O)(=O)Nc1ccc2c(c1)-c1cn(C)c(=O)cc1OCCCCc1cccnc1O2. The third-order valence-corrected chi connectivity index (χ3v) is 6.57. The molecule has 3 heterocycles. The third-order valence-electron chi connectivity index (χ3n) is 5.27. The van der Waals surface area contributed by atoms with Gasteiger partial charge in [0.2, 0.25) is 15.9 Å². The Morgan fingerprint density at radius 1 is 1.12 bits per heavy atom. The lowest BCUT2D eigenvalue weighted by molar-refractivity contribution is 0.306. The summed E-state index contributed by atoms with van der Waals surface area (Å²) in [5.74, 6) is 1.36. The lowest BCUT2D eigenvalue weighted by Crippen LogP contribution is -2.17. The van der Waals surface area contributed by atoms with Gasteiger partial charge in [0.25, 0.3) is 5.56 Å². The lowest BCUT2D eigenvalue weighted by atomic mass is 10.0. The van der Waals surface area contributed by atoms with Crippen LogP contribution in [0.15, 0.2) is 53.6 Å². The van der Waals surface area contributed by atoms with E-state index in [-0.39, 0.29) is 11.3 Å². The molecule has 0 aliphatic carbocycles. The molecule has 1 N–H and O–H groups in total. The number of sulfonamides is 1. The van der Waals surface area contributed by atoms with Crippen molar-refractivity contribution in [1.82, 2.24) is 9.55 Å². The lowest BCUT2D eigenvalue weighted by Gasteiger charge is -2.19. The zero-order valence-corrected chi connectivity index (χ0v) is 18.8. The fourth-order valence-electron chi connectivity index (χ4n) is 3.49. The smallest absolute Gasteiger partial charge is 0.254 e. The summed E-state index contributed by atoms with van der Waals surface area (Å²) in [7, 11) is -1.82. The third kappa shape index (κ3) is 4.77. The molecule has 0 unspecified atom stereocenters. The molecule has 0 amide bonds. The van der Waals surface area contributed by atoms with Gasteiger partial charge in [0.1, 0.15) is 11.5 Å². The molecule has 1 aromatic carbocycles. The van der Waals surface area contributed by atoms with Gasteiger partial charge in [0.15, 0.2) is 0 Å². The molecule has 0 bridgehead atoms. The molecule has 1 aliphatic rings. The molecule has 168 valence electrons. The number of anilines is 1. The quantitative estimate of drug-likeness (QED) is 0.646. The van der Waals surface area contributed by atoms with E-state index < -0.39 is 10.0 Å². The van der Waals surface area contributed by atoms with E-state index in [0.717, 1.165) is 24.8 Å². The number of nitrogens with one attached hydrogen (secondary N) is 1. The molecule has 0 fully saturated rings. The highest BCUT2D eigenvalue weighted by atomic mass is 32.2. The first-order chi connectivity index (χ1) is 15.4. The van der Waals surface area contributed by atoms with Crippen molar-refractivity contribution in [3.63, 3.8) is 0 Å². The van der Waals surface area contributed by atoms with E-state index >= 15 is 0 Å². The predicted octanol–water partition coefficient (Wildman–Crippen LogP) is 3.72. The molecule has 3 aromatic rings. The Labute approximate surface area is 186 Å². The summed E-state index contributed by atoms with van der Waals surface area (Å²) in [4.78, 5) is 16.7. The number of ether oxygens (including phenoxy) is 2. The summed E-state index contributed by atoms with van der Waals surface area (Å²) in [5, 5.41) is 0. The maximum atomic E-state index is 12.3. The predicted molar refractivity (Wildman–Crippen MR) is 123 cm³/mol. The fraction of sp³-hybridized carbons (Fsp3) is 0.304. The number of pyridine rings is 2. The normalized spacial score (nSPS) is 13.8. The molecular formula is C23H25N3O5S. The molecule has 0 spiro atoms. The number of hydrogen-bond donors (Lipinski definition) is 1. The summed E-state index contributed by atoms with van der Waals surface area (Å²) in [6, 6.07) is 10.3. The highest BCUT2D eigenvalue weighted by molar-refractivity contribution is 7.92. The molecule has 4 rings (SSSR count). The number of aryl methyl sites for hydroxylation is 2. The Balaban J connectivity index is 1.92. The maximum absolute atomic E-state index is 12.3. The van der Waals surface area contributed by atoms with Crippen LogP contribution in [0.25, 0.3) is 11.1 Å². The number of nitrogens with zero attached hydrogens (tertiary/aromatic N) is 2. The highest BCUT2D eigenvalue weighted by Gasteiger charge is 2.19. The average molecular weight is 456 g/mol. The molecule has 9 heteroatoms. The zero-order valence-electron chi connectivity index (χ0n) is 18.0. The van der Waals surface area contributed by atoms with Gasteiger partial charge in [0, 0.05) is 47.9 Å².